The zero-order chi connectivity index (χ0) is 11.7. The van der Waals surface area contributed by atoms with Crippen LogP contribution in [0.15, 0.2) is 0 Å². The zero-order valence-corrected chi connectivity index (χ0v) is 12.5. The van der Waals surface area contributed by atoms with E-state index in [2.05, 4.69) is 41.5 Å². The Balaban J connectivity index is 2.94. The summed E-state index contributed by atoms with van der Waals surface area (Å²) in [6.45, 7) is 15.0. The Hall–Kier alpha value is 0.430. The van der Waals surface area contributed by atoms with Crippen LogP contribution in [0, 0.1) is 0 Å². The molecule has 90 valence electrons. The van der Waals surface area contributed by atoms with Crippen LogP contribution in [0.5, 0.6) is 0 Å². The van der Waals surface area contributed by atoms with E-state index in [1.807, 2.05) is 0 Å². The quantitative estimate of drug-likeness (QED) is 0.527. The first-order chi connectivity index (χ1) is 6.77. The fraction of sp³-hybridized carbons (Fsp3) is 1.00. The van der Waals surface area contributed by atoms with E-state index in [1.54, 1.807) is 0 Å². The van der Waals surface area contributed by atoms with Gasteiger partial charge in [-0.05, 0) is 28.8 Å². The molecule has 15 heavy (non-hydrogen) atoms. The average Bonchev–Trinajstić information content (AvgIpc) is 1.98. The Kier molecular flexibility index (Phi) is 4.27. The SMILES string of the molecule is CC(C)P1C(C)(C)CCCCCC1(C)C. The number of hydrogen-bond acceptors (Lipinski definition) is 0. The predicted octanol–water partition coefficient (Wildman–Crippen LogP) is 5.40. The van der Waals surface area contributed by atoms with Gasteiger partial charge in [0, 0.05) is 0 Å². The molecule has 0 spiro atoms. The lowest BCUT2D eigenvalue weighted by Gasteiger charge is -2.49. The van der Waals surface area contributed by atoms with Crippen LogP contribution >= 0.6 is 7.92 Å². The Morgan fingerprint density at radius 1 is 0.800 bits per heavy atom. The van der Waals surface area contributed by atoms with Gasteiger partial charge in [-0.1, -0.05) is 68.7 Å². The highest BCUT2D eigenvalue weighted by atomic mass is 31.1. The maximum absolute atomic E-state index is 2.52. The molecule has 1 fully saturated rings. The molecule has 1 saturated heterocycles. The first kappa shape index (κ1) is 13.5. The van der Waals surface area contributed by atoms with Crippen molar-refractivity contribution in [3.8, 4) is 0 Å². The third-order valence-electron chi connectivity index (χ3n) is 3.90. The minimum Gasteiger partial charge on any atom is -0.0924 e. The fourth-order valence-electron chi connectivity index (χ4n) is 3.75. The smallest absolute Gasteiger partial charge is 0.0144 e. The van der Waals surface area contributed by atoms with Crippen molar-refractivity contribution in [1.82, 2.24) is 0 Å². The predicted molar refractivity (Wildman–Crippen MR) is 73.3 cm³/mol. The Morgan fingerprint density at radius 3 is 1.53 bits per heavy atom. The largest absolute Gasteiger partial charge is 0.0924 e. The van der Waals surface area contributed by atoms with Gasteiger partial charge in [-0.25, -0.2) is 0 Å². The molecule has 0 saturated carbocycles. The molecule has 1 heteroatoms. The first-order valence-corrected chi connectivity index (χ1v) is 7.98. The van der Waals surface area contributed by atoms with Crippen molar-refractivity contribution in [3.05, 3.63) is 0 Å². The maximum atomic E-state index is 2.52. The van der Waals surface area contributed by atoms with Crippen LogP contribution < -0.4 is 0 Å². The maximum Gasteiger partial charge on any atom is -0.0144 e. The average molecular weight is 228 g/mol. The van der Waals surface area contributed by atoms with Gasteiger partial charge in [0.05, 0.1) is 0 Å². The van der Waals surface area contributed by atoms with Gasteiger partial charge in [-0.2, -0.15) is 0 Å². The minimum atomic E-state index is 0.139. The Labute approximate surface area is 98.0 Å². The zero-order valence-electron chi connectivity index (χ0n) is 11.6. The van der Waals surface area contributed by atoms with Crippen LogP contribution in [0.2, 0.25) is 0 Å². The van der Waals surface area contributed by atoms with E-state index in [-0.39, 0.29) is 7.92 Å². The fourth-order valence-corrected chi connectivity index (χ4v) is 8.98. The summed E-state index contributed by atoms with van der Waals surface area (Å²) in [7, 11) is 0.139. The molecule has 1 aliphatic rings. The Morgan fingerprint density at radius 2 is 1.20 bits per heavy atom. The lowest BCUT2D eigenvalue weighted by molar-refractivity contribution is 0.471. The molecule has 0 bridgehead atoms. The molecule has 0 aromatic rings. The molecule has 0 atom stereocenters. The molecule has 0 amide bonds. The molecule has 0 aliphatic carbocycles. The molecule has 0 aromatic carbocycles. The molecular weight excluding hydrogens is 199 g/mol. The molecule has 0 unspecified atom stereocenters. The minimum absolute atomic E-state index is 0.139. The summed E-state index contributed by atoms with van der Waals surface area (Å²) in [6.07, 6.45) is 7.25. The van der Waals surface area contributed by atoms with Gasteiger partial charge in [-0.15, -0.1) is 0 Å². The van der Waals surface area contributed by atoms with E-state index in [0.717, 1.165) is 5.66 Å². The third-order valence-corrected chi connectivity index (χ3v) is 7.99. The second kappa shape index (κ2) is 4.74. The van der Waals surface area contributed by atoms with Crippen LogP contribution in [-0.2, 0) is 0 Å². The highest BCUT2D eigenvalue weighted by Crippen LogP contribution is 2.66. The molecule has 1 heterocycles. The summed E-state index contributed by atoms with van der Waals surface area (Å²) in [5.41, 5.74) is 0.878. The van der Waals surface area contributed by atoms with Crippen molar-refractivity contribution in [2.75, 3.05) is 0 Å². The van der Waals surface area contributed by atoms with E-state index < -0.39 is 0 Å². The molecular formula is C14H29P. The topological polar surface area (TPSA) is 0 Å². The van der Waals surface area contributed by atoms with Gasteiger partial charge >= 0.3 is 0 Å². The number of hydrogen-bond donors (Lipinski definition) is 0. The van der Waals surface area contributed by atoms with E-state index in [4.69, 9.17) is 0 Å². The summed E-state index contributed by atoms with van der Waals surface area (Å²) in [5.74, 6) is 0. The van der Waals surface area contributed by atoms with Crippen LogP contribution in [0.3, 0.4) is 0 Å². The molecule has 0 radical (unpaired) electrons. The van der Waals surface area contributed by atoms with Crippen molar-refractivity contribution in [1.29, 1.82) is 0 Å². The highest BCUT2D eigenvalue weighted by molar-refractivity contribution is 7.61. The summed E-state index contributed by atoms with van der Waals surface area (Å²) >= 11 is 0. The van der Waals surface area contributed by atoms with E-state index >= 15 is 0 Å². The van der Waals surface area contributed by atoms with Crippen LogP contribution in [0.1, 0.15) is 73.6 Å². The summed E-state index contributed by atoms with van der Waals surface area (Å²) in [4.78, 5) is 0. The summed E-state index contributed by atoms with van der Waals surface area (Å²) in [5, 5.41) is 1.18. The van der Waals surface area contributed by atoms with Crippen LogP contribution in [0.4, 0.5) is 0 Å². The van der Waals surface area contributed by atoms with Crippen molar-refractivity contribution < 1.29 is 0 Å². The third kappa shape index (κ3) is 3.19. The van der Waals surface area contributed by atoms with E-state index in [9.17, 15) is 0 Å². The Bertz CT molecular complexity index is 185. The van der Waals surface area contributed by atoms with E-state index in [0.29, 0.717) is 10.3 Å². The van der Waals surface area contributed by atoms with Crippen LogP contribution in [-0.4, -0.2) is 16.0 Å². The van der Waals surface area contributed by atoms with Crippen molar-refractivity contribution in [2.24, 2.45) is 0 Å². The van der Waals surface area contributed by atoms with E-state index in [1.165, 1.54) is 32.1 Å². The molecule has 0 nitrogen and oxygen atoms in total. The van der Waals surface area contributed by atoms with Crippen molar-refractivity contribution in [2.45, 2.75) is 89.6 Å². The van der Waals surface area contributed by atoms with Crippen LogP contribution in [0.25, 0.3) is 0 Å². The second-order valence-corrected chi connectivity index (χ2v) is 10.8. The monoisotopic (exact) mass is 228 g/mol. The lowest BCUT2D eigenvalue weighted by atomic mass is 9.99. The standard InChI is InChI=1S/C14H29P/c1-12(2)15-13(3,4)10-8-7-9-11-14(15,5)6/h12H,7-11H2,1-6H3. The highest BCUT2D eigenvalue weighted by Gasteiger charge is 2.41. The first-order valence-electron chi connectivity index (χ1n) is 6.57. The summed E-state index contributed by atoms with van der Waals surface area (Å²) < 4.78 is 0. The summed E-state index contributed by atoms with van der Waals surface area (Å²) in [6, 6.07) is 0. The van der Waals surface area contributed by atoms with Crippen molar-refractivity contribution >= 4 is 7.92 Å². The van der Waals surface area contributed by atoms with Gasteiger partial charge in [0.15, 0.2) is 0 Å². The van der Waals surface area contributed by atoms with Gasteiger partial charge in [0.25, 0.3) is 0 Å². The molecule has 0 N–H and O–H groups in total. The van der Waals surface area contributed by atoms with Gasteiger partial charge in [0.1, 0.15) is 0 Å². The van der Waals surface area contributed by atoms with Gasteiger partial charge in [0.2, 0.25) is 0 Å². The second-order valence-electron chi connectivity index (χ2n) is 6.65. The molecule has 1 rings (SSSR count). The number of rotatable bonds is 1. The van der Waals surface area contributed by atoms with Gasteiger partial charge in [-0.3, -0.25) is 0 Å². The van der Waals surface area contributed by atoms with Crippen molar-refractivity contribution in [3.63, 3.8) is 0 Å². The van der Waals surface area contributed by atoms with Gasteiger partial charge < -0.3 is 0 Å². The normalized spacial score (nSPS) is 27.4. The molecule has 0 aromatic heterocycles. The molecule has 1 aliphatic heterocycles. The lowest BCUT2D eigenvalue weighted by Crippen LogP contribution is -2.35.